The SMILES string of the molecule is COC1CC(C(=O)O)N(C(=O)NCCN2CCNCC2)C1. The van der Waals surface area contributed by atoms with Gasteiger partial charge in [0.1, 0.15) is 6.04 Å². The van der Waals surface area contributed by atoms with Gasteiger partial charge in [-0.2, -0.15) is 0 Å². The van der Waals surface area contributed by atoms with Crippen molar-refractivity contribution in [2.24, 2.45) is 0 Å². The summed E-state index contributed by atoms with van der Waals surface area (Å²) in [5, 5.41) is 15.3. The molecule has 8 heteroatoms. The molecule has 0 aromatic carbocycles. The van der Waals surface area contributed by atoms with Crippen LogP contribution in [0.4, 0.5) is 4.79 Å². The number of nitrogens with one attached hydrogen (secondary N) is 2. The maximum atomic E-state index is 12.1. The van der Waals surface area contributed by atoms with Crippen LogP contribution >= 0.6 is 0 Å². The van der Waals surface area contributed by atoms with Crippen molar-refractivity contribution in [2.75, 3.05) is 52.9 Å². The quantitative estimate of drug-likeness (QED) is 0.589. The van der Waals surface area contributed by atoms with Crippen molar-refractivity contribution >= 4 is 12.0 Å². The van der Waals surface area contributed by atoms with Crippen molar-refractivity contribution < 1.29 is 19.4 Å². The zero-order valence-corrected chi connectivity index (χ0v) is 12.4. The molecule has 2 amide bonds. The minimum absolute atomic E-state index is 0.204. The topological polar surface area (TPSA) is 94.1 Å². The van der Waals surface area contributed by atoms with E-state index in [2.05, 4.69) is 15.5 Å². The molecule has 2 atom stereocenters. The lowest BCUT2D eigenvalue weighted by Crippen LogP contribution is -2.49. The summed E-state index contributed by atoms with van der Waals surface area (Å²) in [5.74, 6) is -0.980. The number of ether oxygens (including phenoxy) is 1. The number of carbonyl (C=O) groups excluding carboxylic acids is 1. The second kappa shape index (κ2) is 7.58. The Hall–Kier alpha value is -1.38. The summed E-state index contributed by atoms with van der Waals surface area (Å²) in [6.07, 6.45) is 0.141. The zero-order valence-electron chi connectivity index (χ0n) is 12.4. The van der Waals surface area contributed by atoms with E-state index in [0.29, 0.717) is 19.5 Å². The maximum absolute atomic E-state index is 12.1. The Morgan fingerprint density at radius 2 is 2.10 bits per heavy atom. The number of carboxylic acid groups (broad SMARTS) is 1. The third-order valence-electron chi connectivity index (χ3n) is 4.06. The highest BCUT2D eigenvalue weighted by Crippen LogP contribution is 2.20. The van der Waals surface area contributed by atoms with E-state index in [0.717, 1.165) is 32.7 Å². The van der Waals surface area contributed by atoms with E-state index in [1.54, 1.807) is 0 Å². The first-order valence-electron chi connectivity index (χ1n) is 7.35. The molecule has 2 aliphatic heterocycles. The molecule has 0 aliphatic carbocycles. The third-order valence-corrected chi connectivity index (χ3v) is 4.06. The van der Waals surface area contributed by atoms with Crippen molar-refractivity contribution in [3.8, 4) is 0 Å². The molecule has 3 N–H and O–H groups in total. The molecule has 0 aromatic rings. The number of nitrogens with zero attached hydrogens (tertiary/aromatic N) is 2. The van der Waals surface area contributed by atoms with Crippen LogP contribution in [-0.4, -0.2) is 92.0 Å². The number of carbonyl (C=O) groups is 2. The molecular formula is C13H24N4O4. The number of hydrogen-bond acceptors (Lipinski definition) is 5. The Bertz CT molecular complexity index is 373. The average molecular weight is 300 g/mol. The Morgan fingerprint density at radius 3 is 2.71 bits per heavy atom. The molecule has 2 rings (SSSR count). The van der Waals surface area contributed by atoms with E-state index in [1.165, 1.54) is 12.0 Å². The van der Waals surface area contributed by atoms with Crippen LogP contribution < -0.4 is 10.6 Å². The molecule has 2 fully saturated rings. The normalized spacial score (nSPS) is 26.8. The van der Waals surface area contributed by atoms with Crippen LogP contribution in [0.25, 0.3) is 0 Å². The smallest absolute Gasteiger partial charge is 0.326 e. The predicted molar refractivity (Wildman–Crippen MR) is 76.3 cm³/mol. The number of methoxy groups -OCH3 is 1. The maximum Gasteiger partial charge on any atom is 0.326 e. The third kappa shape index (κ3) is 4.29. The van der Waals surface area contributed by atoms with Crippen LogP contribution in [0.5, 0.6) is 0 Å². The molecule has 0 spiro atoms. The summed E-state index contributed by atoms with van der Waals surface area (Å²) in [5.41, 5.74) is 0. The summed E-state index contributed by atoms with van der Waals surface area (Å²) < 4.78 is 5.17. The molecule has 0 bridgehead atoms. The number of piperazine rings is 1. The minimum atomic E-state index is -0.980. The van der Waals surface area contributed by atoms with E-state index in [9.17, 15) is 14.7 Å². The second-order valence-electron chi connectivity index (χ2n) is 5.42. The highest BCUT2D eigenvalue weighted by atomic mass is 16.5. The lowest BCUT2D eigenvalue weighted by molar-refractivity contribution is -0.141. The van der Waals surface area contributed by atoms with Crippen LogP contribution in [0, 0.1) is 0 Å². The van der Waals surface area contributed by atoms with Crippen LogP contribution in [0.15, 0.2) is 0 Å². The molecule has 120 valence electrons. The van der Waals surface area contributed by atoms with Gasteiger partial charge in [0, 0.05) is 59.3 Å². The highest BCUT2D eigenvalue weighted by molar-refractivity contribution is 5.83. The molecule has 2 unspecified atom stereocenters. The molecule has 2 saturated heterocycles. The van der Waals surface area contributed by atoms with E-state index in [1.807, 2.05) is 0 Å². The van der Waals surface area contributed by atoms with Crippen molar-refractivity contribution in [2.45, 2.75) is 18.6 Å². The molecule has 21 heavy (non-hydrogen) atoms. The largest absolute Gasteiger partial charge is 0.480 e. The van der Waals surface area contributed by atoms with Gasteiger partial charge in [-0.25, -0.2) is 9.59 Å². The highest BCUT2D eigenvalue weighted by Gasteiger charge is 2.39. The van der Waals surface area contributed by atoms with Crippen molar-refractivity contribution in [1.82, 2.24) is 20.4 Å². The van der Waals surface area contributed by atoms with Gasteiger partial charge in [-0.1, -0.05) is 0 Å². The lowest BCUT2D eigenvalue weighted by Gasteiger charge is -2.28. The van der Waals surface area contributed by atoms with Crippen LogP contribution in [0.3, 0.4) is 0 Å². The predicted octanol–water partition coefficient (Wildman–Crippen LogP) is -1.22. The Labute approximate surface area is 124 Å². The number of likely N-dealkylation sites (tertiary alicyclic amines) is 1. The fourth-order valence-corrected chi connectivity index (χ4v) is 2.78. The first kappa shape index (κ1) is 16.0. The van der Waals surface area contributed by atoms with Gasteiger partial charge in [0.15, 0.2) is 0 Å². The van der Waals surface area contributed by atoms with E-state index < -0.39 is 12.0 Å². The molecule has 0 saturated carbocycles. The summed E-state index contributed by atoms with van der Waals surface area (Å²) in [4.78, 5) is 27.0. The molecule has 2 aliphatic rings. The van der Waals surface area contributed by atoms with Gasteiger partial charge in [0.05, 0.1) is 6.10 Å². The second-order valence-corrected chi connectivity index (χ2v) is 5.42. The van der Waals surface area contributed by atoms with Crippen LogP contribution in [0.2, 0.25) is 0 Å². The number of carboxylic acids is 1. The number of urea groups is 1. The molecule has 2 heterocycles. The van der Waals surface area contributed by atoms with Gasteiger partial charge in [-0.3, -0.25) is 4.90 Å². The molecule has 0 aromatic heterocycles. The van der Waals surface area contributed by atoms with Crippen LogP contribution in [0.1, 0.15) is 6.42 Å². The Kier molecular flexibility index (Phi) is 5.77. The monoisotopic (exact) mass is 300 g/mol. The van der Waals surface area contributed by atoms with Gasteiger partial charge in [0.25, 0.3) is 0 Å². The first-order valence-corrected chi connectivity index (χ1v) is 7.35. The summed E-state index contributed by atoms with van der Waals surface area (Å²) in [7, 11) is 1.54. The van der Waals surface area contributed by atoms with Crippen LogP contribution in [-0.2, 0) is 9.53 Å². The number of hydrogen-bond donors (Lipinski definition) is 3. The minimum Gasteiger partial charge on any atom is -0.480 e. The number of amides is 2. The molecule has 8 nitrogen and oxygen atoms in total. The molecular weight excluding hydrogens is 276 g/mol. The van der Waals surface area contributed by atoms with Crippen molar-refractivity contribution in [1.29, 1.82) is 0 Å². The van der Waals surface area contributed by atoms with E-state index in [4.69, 9.17) is 4.74 Å². The van der Waals surface area contributed by atoms with Gasteiger partial charge >= 0.3 is 12.0 Å². The fourth-order valence-electron chi connectivity index (χ4n) is 2.78. The van der Waals surface area contributed by atoms with E-state index in [-0.39, 0.29) is 12.1 Å². The van der Waals surface area contributed by atoms with Gasteiger partial charge in [-0.05, 0) is 0 Å². The number of aliphatic carboxylic acids is 1. The molecule has 0 radical (unpaired) electrons. The van der Waals surface area contributed by atoms with Crippen molar-refractivity contribution in [3.05, 3.63) is 0 Å². The van der Waals surface area contributed by atoms with Crippen molar-refractivity contribution in [3.63, 3.8) is 0 Å². The summed E-state index contributed by atoms with van der Waals surface area (Å²) in [6.45, 7) is 5.53. The average Bonchev–Trinajstić information content (AvgIpc) is 2.93. The fraction of sp³-hybridized carbons (Fsp3) is 0.846. The van der Waals surface area contributed by atoms with Gasteiger partial charge in [-0.15, -0.1) is 0 Å². The van der Waals surface area contributed by atoms with E-state index >= 15 is 0 Å². The zero-order chi connectivity index (χ0) is 15.2. The Morgan fingerprint density at radius 1 is 1.38 bits per heavy atom. The summed E-state index contributed by atoms with van der Waals surface area (Å²) in [6, 6.07) is -1.12. The lowest BCUT2D eigenvalue weighted by atomic mass is 10.2. The first-order chi connectivity index (χ1) is 10.1. The standard InChI is InChI=1S/C13H24N4O4/c1-21-10-8-11(12(18)19)17(9-10)13(20)15-4-7-16-5-2-14-3-6-16/h10-11,14H,2-9H2,1H3,(H,15,20)(H,18,19). The summed E-state index contributed by atoms with van der Waals surface area (Å²) >= 11 is 0. The van der Waals surface area contributed by atoms with Gasteiger partial charge < -0.3 is 25.4 Å². The Balaban J connectivity index is 1.77. The number of rotatable bonds is 5. The van der Waals surface area contributed by atoms with Gasteiger partial charge in [0.2, 0.25) is 0 Å².